The molecule has 1 aliphatic rings. The second kappa shape index (κ2) is 11.4. The van der Waals surface area contributed by atoms with E-state index in [0.717, 1.165) is 36.2 Å². The van der Waals surface area contributed by atoms with Crippen molar-refractivity contribution in [3.05, 3.63) is 58.5 Å². The third-order valence-corrected chi connectivity index (χ3v) is 8.31. The Morgan fingerprint density at radius 2 is 1.79 bits per heavy atom. The Bertz CT molecular complexity index is 1450. The summed E-state index contributed by atoms with van der Waals surface area (Å²) < 4.78 is 17.7. The molecule has 0 atom stereocenters. The van der Waals surface area contributed by atoms with Crippen LogP contribution in [0.2, 0.25) is 0 Å². The number of hydrogen-bond donors (Lipinski definition) is 1. The summed E-state index contributed by atoms with van der Waals surface area (Å²) in [5, 5.41) is 4.70. The van der Waals surface area contributed by atoms with Gasteiger partial charge in [0.05, 0.1) is 36.6 Å². The Morgan fingerprint density at radius 1 is 1.00 bits per heavy atom. The largest absolute Gasteiger partial charge is 0.490 e. The highest BCUT2D eigenvalue weighted by Gasteiger charge is 2.30. The number of aromatic nitrogens is 1. The number of carbonyl (C=O) groups is 2. The normalized spacial score (nSPS) is 12.8. The Labute approximate surface area is 229 Å². The molecule has 0 fully saturated rings. The van der Waals surface area contributed by atoms with E-state index in [4.69, 9.17) is 19.2 Å². The first-order valence-corrected chi connectivity index (χ1v) is 14.3. The summed E-state index contributed by atoms with van der Waals surface area (Å²) >= 11 is 3.08. The topological polar surface area (TPSA) is 90.0 Å². The zero-order valence-corrected chi connectivity index (χ0v) is 23.2. The van der Waals surface area contributed by atoms with Crippen molar-refractivity contribution in [1.29, 1.82) is 0 Å². The molecule has 0 spiro atoms. The number of ether oxygens (including phenoxy) is 3. The summed E-state index contributed by atoms with van der Waals surface area (Å²) in [6.07, 6.45) is 0.333. The molecule has 2 amide bonds. The number of nitrogens with zero attached hydrogens (tertiary/aromatic N) is 2. The summed E-state index contributed by atoms with van der Waals surface area (Å²) in [6, 6.07) is 13.2. The summed E-state index contributed by atoms with van der Waals surface area (Å²) in [6.45, 7) is 7.87. The number of nitrogens with one attached hydrogen (secondary N) is 1. The molecule has 5 rings (SSSR count). The minimum Gasteiger partial charge on any atom is -0.490 e. The molecule has 0 saturated carbocycles. The average Bonchev–Trinajstić information content (AvgIpc) is 3.50. The molecule has 4 aromatic rings. The lowest BCUT2D eigenvalue weighted by Crippen LogP contribution is -2.35. The maximum absolute atomic E-state index is 13.5. The first-order chi connectivity index (χ1) is 18.5. The third kappa shape index (κ3) is 5.19. The predicted molar refractivity (Wildman–Crippen MR) is 151 cm³/mol. The number of rotatable bonds is 8. The molecule has 0 saturated heterocycles. The maximum Gasteiger partial charge on any atom is 0.410 e. The van der Waals surface area contributed by atoms with Gasteiger partial charge in [0.1, 0.15) is 10.0 Å². The number of hydrogen-bond acceptors (Lipinski definition) is 8. The van der Waals surface area contributed by atoms with Crippen LogP contribution in [0.25, 0.3) is 20.8 Å². The van der Waals surface area contributed by atoms with Gasteiger partial charge in [-0.15, -0.1) is 22.7 Å². The summed E-state index contributed by atoms with van der Waals surface area (Å²) in [5.74, 6) is 0.882. The molecule has 0 aliphatic carbocycles. The average molecular weight is 552 g/mol. The Balaban J connectivity index is 1.52. The molecule has 10 heteroatoms. The molecule has 3 heterocycles. The van der Waals surface area contributed by atoms with E-state index in [1.165, 1.54) is 11.3 Å². The van der Waals surface area contributed by atoms with Crippen LogP contribution in [-0.2, 0) is 17.7 Å². The van der Waals surface area contributed by atoms with Gasteiger partial charge in [-0.3, -0.25) is 4.79 Å². The third-order valence-electron chi connectivity index (χ3n) is 6.12. The van der Waals surface area contributed by atoms with Gasteiger partial charge in [-0.2, -0.15) is 0 Å². The van der Waals surface area contributed by atoms with E-state index in [0.29, 0.717) is 56.4 Å². The first-order valence-electron chi connectivity index (χ1n) is 12.7. The molecular weight excluding hydrogens is 522 g/mol. The standard InChI is InChI=1S/C28H29N3O5S2/c1-4-34-20-12-11-17(15-21(20)35-5-2)25(32)30-27-24(26-29-19-9-7-8-10-22(19)37-26)18-13-14-31(16-23(18)38-27)28(33)36-6-3/h7-12,15H,4-6,13-14,16H2,1-3H3,(H,30,32). The number of benzene rings is 2. The van der Waals surface area contributed by atoms with Crippen molar-refractivity contribution in [3.63, 3.8) is 0 Å². The van der Waals surface area contributed by atoms with Gasteiger partial charge < -0.3 is 24.4 Å². The molecule has 0 unspecified atom stereocenters. The minimum absolute atomic E-state index is 0.253. The summed E-state index contributed by atoms with van der Waals surface area (Å²) in [5.41, 5.74) is 3.43. The van der Waals surface area contributed by atoms with E-state index in [2.05, 4.69) is 5.32 Å². The Hall–Kier alpha value is -3.63. The molecule has 0 radical (unpaired) electrons. The maximum atomic E-state index is 13.5. The van der Waals surface area contributed by atoms with Crippen LogP contribution >= 0.6 is 22.7 Å². The number of para-hydroxylation sites is 1. The zero-order chi connectivity index (χ0) is 26.6. The smallest absolute Gasteiger partial charge is 0.410 e. The SMILES string of the molecule is CCOC(=O)N1CCc2c(sc(NC(=O)c3ccc(OCC)c(OCC)c3)c2-c2nc3ccccc3s2)C1. The van der Waals surface area contributed by atoms with E-state index in [9.17, 15) is 9.59 Å². The second-order valence-electron chi connectivity index (χ2n) is 8.55. The fourth-order valence-electron chi connectivity index (χ4n) is 4.44. The highest BCUT2D eigenvalue weighted by molar-refractivity contribution is 7.23. The van der Waals surface area contributed by atoms with Crippen LogP contribution in [0.15, 0.2) is 42.5 Å². The monoisotopic (exact) mass is 551 g/mol. The fourth-order valence-corrected chi connectivity index (χ4v) is 6.80. The van der Waals surface area contributed by atoms with Crippen molar-refractivity contribution in [2.45, 2.75) is 33.7 Å². The van der Waals surface area contributed by atoms with E-state index in [-0.39, 0.29) is 12.0 Å². The lowest BCUT2D eigenvalue weighted by Gasteiger charge is -2.26. The van der Waals surface area contributed by atoms with E-state index >= 15 is 0 Å². The van der Waals surface area contributed by atoms with Gasteiger partial charge in [0.15, 0.2) is 11.5 Å². The van der Waals surface area contributed by atoms with Gasteiger partial charge in [0.2, 0.25) is 0 Å². The number of anilines is 1. The highest BCUT2D eigenvalue weighted by Crippen LogP contribution is 2.46. The van der Waals surface area contributed by atoms with Crippen molar-refractivity contribution in [1.82, 2.24) is 9.88 Å². The van der Waals surface area contributed by atoms with Crippen LogP contribution in [0.1, 0.15) is 41.6 Å². The molecule has 198 valence electrons. The van der Waals surface area contributed by atoms with Crippen LogP contribution in [0, 0.1) is 0 Å². The van der Waals surface area contributed by atoms with Crippen molar-refractivity contribution >= 4 is 49.9 Å². The summed E-state index contributed by atoms with van der Waals surface area (Å²) in [7, 11) is 0. The van der Waals surface area contributed by atoms with Crippen molar-refractivity contribution < 1.29 is 23.8 Å². The number of fused-ring (bicyclic) bond motifs is 2. The molecule has 1 N–H and O–H groups in total. The Morgan fingerprint density at radius 3 is 2.55 bits per heavy atom. The van der Waals surface area contributed by atoms with Gasteiger partial charge in [0, 0.05) is 22.5 Å². The molecule has 8 nitrogen and oxygen atoms in total. The molecular formula is C28H29N3O5S2. The molecule has 1 aliphatic heterocycles. The fraction of sp³-hybridized carbons (Fsp3) is 0.321. The molecule has 38 heavy (non-hydrogen) atoms. The van der Waals surface area contributed by atoms with Gasteiger partial charge in [-0.25, -0.2) is 9.78 Å². The van der Waals surface area contributed by atoms with Crippen LogP contribution in [-0.4, -0.2) is 48.2 Å². The second-order valence-corrected chi connectivity index (χ2v) is 10.7. The van der Waals surface area contributed by atoms with E-state index in [1.807, 2.05) is 38.1 Å². The van der Waals surface area contributed by atoms with Crippen LogP contribution in [0.4, 0.5) is 9.80 Å². The van der Waals surface area contributed by atoms with Gasteiger partial charge >= 0.3 is 6.09 Å². The summed E-state index contributed by atoms with van der Waals surface area (Å²) in [4.78, 5) is 33.5. The van der Waals surface area contributed by atoms with Crippen LogP contribution in [0.5, 0.6) is 11.5 Å². The van der Waals surface area contributed by atoms with E-state index in [1.54, 1.807) is 41.4 Å². The minimum atomic E-state index is -0.323. The number of amides is 2. The number of thiophene rings is 1. The number of thiazole rings is 1. The van der Waals surface area contributed by atoms with Gasteiger partial charge in [0.25, 0.3) is 5.91 Å². The lowest BCUT2D eigenvalue weighted by molar-refractivity contribution is 0.102. The molecule has 2 aromatic heterocycles. The van der Waals surface area contributed by atoms with Crippen molar-refractivity contribution in [3.8, 4) is 22.1 Å². The zero-order valence-electron chi connectivity index (χ0n) is 21.5. The number of carbonyl (C=O) groups excluding carboxylic acids is 2. The lowest BCUT2D eigenvalue weighted by atomic mass is 10.0. The van der Waals surface area contributed by atoms with Crippen LogP contribution < -0.4 is 14.8 Å². The van der Waals surface area contributed by atoms with Crippen molar-refractivity contribution in [2.75, 3.05) is 31.7 Å². The van der Waals surface area contributed by atoms with Gasteiger partial charge in [-0.05, 0) is 63.1 Å². The highest BCUT2D eigenvalue weighted by atomic mass is 32.1. The van der Waals surface area contributed by atoms with Gasteiger partial charge in [-0.1, -0.05) is 12.1 Å². The Kier molecular flexibility index (Phi) is 7.80. The van der Waals surface area contributed by atoms with E-state index < -0.39 is 0 Å². The van der Waals surface area contributed by atoms with Crippen LogP contribution in [0.3, 0.4) is 0 Å². The quantitative estimate of drug-likeness (QED) is 0.266. The van der Waals surface area contributed by atoms with Crippen molar-refractivity contribution in [2.24, 2.45) is 0 Å². The molecule has 2 aromatic carbocycles. The predicted octanol–water partition coefficient (Wildman–Crippen LogP) is 6.59. The first kappa shape index (κ1) is 26.0. The molecule has 0 bridgehead atoms.